The van der Waals surface area contributed by atoms with Crippen molar-refractivity contribution >= 4 is 51.9 Å². The first-order chi connectivity index (χ1) is 16.1. The van der Waals surface area contributed by atoms with Crippen molar-refractivity contribution in [3.8, 4) is 0 Å². The molecule has 2 heterocycles. The van der Waals surface area contributed by atoms with Crippen LogP contribution in [-0.4, -0.2) is 58.7 Å². The van der Waals surface area contributed by atoms with Gasteiger partial charge in [0.1, 0.15) is 4.32 Å². The van der Waals surface area contributed by atoms with Gasteiger partial charge in [-0.3, -0.25) is 14.5 Å². The SMILES string of the molecule is O=C(CCCCCN1C(=O)/C(=C/c2ccccc2)SC1=S)N1CCN(c2ccccc2)CC1. The molecule has 33 heavy (non-hydrogen) atoms. The lowest BCUT2D eigenvalue weighted by Gasteiger charge is -2.36. The highest BCUT2D eigenvalue weighted by Gasteiger charge is 2.31. The number of anilines is 1. The summed E-state index contributed by atoms with van der Waals surface area (Å²) in [5.41, 5.74) is 2.22. The number of unbranched alkanes of at least 4 members (excludes halogenated alkanes) is 2. The average Bonchev–Trinajstić information content (AvgIpc) is 3.12. The van der Waals surface area contributed by atoms with E-state index in [2.05, 4.69) is 17.0 Å². The number of thioether (sulfide) groups is 1. The molecule has 2 aromatic carbocycles. The molecular formula is C26H29N3O2S2. The summed E-state index contributed by atoms with van der Waals surface area (Å²) in [5, 5.41) is 0. The van der Waals surface area contributed by atoms with Gasteiger partial charge >= 0.3 is 0 Å². The zero-order chi connectivity index (χ0) is 23.0. The van der Waals surface area contributed by atoms with E-state index in [1.54, 1.807) is 4.90 Å². The Bertz CT molecular complexity index is 1000. The molecule has 0 radical (unpaired) electrons. The average molecular weight is 480 g/mol. The lowest BCUT2D eigenvalue weighted by Crippen LogP contribution is -2.48. The maximum Gasteiger partial charge on any atom is 0.266 e. The Morgan fingerprint density at radius 1 is 0.909 bits per heavy atom. The number of nitrogens with zero attached hydrogens (tertiary/aromatic N) is 3. The van der Waals surface area contributed by atoms with Gasteiger partial charge in [-0.05, 0) is 36.6 Å². The Hall–Kier alpha value is -2.64. The second-order valence-electron chi connectivity index (χ2n) is 8.26. The summed E-state index contributed by atoms with van der Waals surface area (Å²) in [6, 6.07) is 20.2. The van der Waals surface area contributed by atoms with Gasteiger partial charge in [0, 0.05) is 44.8 Å². The summed E-state index contributed by atoms with van der Waals surface area (Å²) in [6.45, 7) is 3.92. The molecule has 2 fully saturated rings. The third kappa shape index (κ3) is 6.24. The molecule has 0 N–H and O–H groups in total. The van der Waals surface area contributed by atoms with E-state index in [4.69, 9.17) is 12.2 Å². The molecule has 0 saturated carbocycles. The summed E-state index contributed by atoms with van der Waals surface area (Å²) in [5.74, 6) is 0.223. The first-order valence-corrected chi connectivity index (χ1v) is 12.7. The summed E-state index contributed by atoms with van der Waals surface area (Å²) in [4.78, 5) is 32.0. The van der Waals surface area contributed by atoms with Crippen LogP contribution in [-0.2, 0) is 9.59 Å². The van der Waals surface area contributed by atoms with Crippen LogP contribution in [0.15, 0.2) is 65.6 Å². The Kier molecular flexibility index (Phi) is 8.18. The third-order valence-electron chi connectivity index (χ3n) is 6.00. The minimum Gasteiger partial charge on any atom is -0.368 e. The minimum absolute atomic E-state index is 0.0128. The highest BCUT2D eigenvalue weighted by molar-refractivity contribution is 8.26. The predicted octanol–water partition coefficient (Wildman–Crippen LogP) is 4.80. The van der Waals surface area contributed by atoms with Crippen LogP contribution in [0.2, 0.25) is 0 Å². The summed E-state index contributed by atoms with van der Waals surface area (Å²) < 4.78 is 0.620. The van der Waals surface area contributed by atoms with E-state index in [1.165, 1.54) is 17.4 Å². The smallest absolute Gasteiger partial charge is 0.266 e. The van der Waals surface area contributed by atoms with Gasteiger partial charge in [-0.15, -0.1) is 0 Å². The molecule has 0 aromatic heterocycles. The molecule has 0 bridgehead atoms. The van der Waals surface area contributed by atoms with Crippen LogP contribution in [0.4, 0.5) is 5.69 Å². The van der Waals surface area contributed by atoms with Crippen molar-refractivity contribution in [3.63, 3.8) is 0 Å². The molecule has 0 spiro atoms. The number of amides is 2. The van der Waals surface area contributed by atoms with Crippen molar-refractivity contribution in [2.24, 2.45) is 0 Å². The van der Waals surface area contributed by atoms with Crippen molar-refractivity contribution in [1.29, 1.82) is 0 Å². The van der Waals surface area contributed by atoms with Gasteiger partial charge in [0.15, 0.2) is 0 Å². The number of carbonyl (C=O) groups excluding carboxylic acids is 2. The van der Waals surface area contributed by atoms with E-state index >= 15 is 0 Å². The Morgan fingerprint density at radius 3 is 2.27 bits per heavy atom. The van der Waals surface area contributed by atoms with Crippen molar-refractivity contribution in [1.82, 2.24) is 9.80 Å². The molecule has 2 aromatic rings. The monoisotopic (exact) mass is 479 g/mol. The van der Waals surface area contributed by atoms with Crippen molar-refractivity contribution in [3.05, 3.63) is 71.1 Å². The Morgan fingerprint density at radius 2 is 1.58 bits per heavy atom. The lowest BCUT2D eigenvalue weighted by molar-refractivity contribution is -0.131. The van der Waals surface area contributed by atoms with Gasteiger partial charge in [0.25, 0.3) is 5.91 Å². The maximum atomic E-state index is 12.7. The summed E-state index contributed by atoms with van der Waals surface area (Å²) >= 11 is 6.79. The third-order valence-corrected chi connectivity index (χ3v) is 7.37. The van der Waals surface area contributed by atoms with Crippen molar-refractivity contribution < 1.29 is 9.59 Å². The molecule has 4 rings (SSSR count). The molecule has 5 nitrogen and oxygen atoms in total. The first-order valence-electron chi connectivity index (χ1n) is 11.5. The molecule has 2 aliphatic rings. The van der Waals surface area contributed by atoms with Gasteiger partial charge < -0.3 is 9.80 Å². The zero-order valence-electron chi connectivity index (χ0n) is 18.7. The molecule has 2 aliphatic heterocycles. The van der Waals surface area contributed by atoms with E-state index in [1.807, 2.05) is 59.5 Å². The number of hydrogen-bond donors (Lipinski definition) is 0. The molecule has 2 saturated heterocycles. The van der Waals surface area contributed by atoms with Crippen LogP contribution in [0.1, 0.15) is 31.2 Å². The summed E-state index contributed by atoms with van der Waals surface area (Å²) in [7, 11) is 0. The van der Waals surface area contributed by atoms with E-state index in [0.717, 1.165) is 51.0 Å². The van der Waals surface area contributed by atoms with Gasteiger partial charge in [0.05, 0.1) is 4.91 Å². The summed E-state index contributed by atoms with van der Waals surface area (Å²) in [6.07, 6.45) is 5.06. The largest absolute Gasteiger partial charge is 0.368 e. The van der Waals surface area contributed by atoms with Crippen LogP contribution >= 0.6 is 24.0 Å². The van der Waals surface area contributed by atoms with Crippen LogP contribution in [0.5, 0.6) is 0 Å². The molecule has 7 heteroatoms. The highest BCUT2D eigenvalue weighted by atomic mass is 32.2. The van der Waals surface area contributed by atoms with Crippen LogP contribution < -0.4 is 4.90 Å². The highest BCUT2D eigenvalue weighted by Crippen LogP contribution is 2.32. The van der Waals surface area contributed by atoms with E-state index < -0.39 is 0 Å². The number of piperazine rings is 1. The van der Waals surface area contributed by atoms with E-state index in [9.17, 15) is 9.59 Å². The fraction of sp³-hybridized carbons (Fsp3) is 0.346. The van der Waals surface area contributed by atoms with Crippen molar-refractivity contribution in [2.45, 2.75) is 25.7 Å². The zero-order valence-corrected chi connectivity index (χ0v) is 20.3. The molecular weight excluding hydrogens is 450 g/mol. The van der Waals surface area contributed by atoms with E-state index in [0.29, 0.717) is 22.2 Å². The van der Waals surface area contributed by atoms with Crippen LogP contribution in [0.3, 0.4) is 0 Å². The number of para-hydroxylation sites is 1. The standard InChI is InChI=1S/C26H29N3O2S2/c30-24(28-18-16-27(17-19-28)22-12-6-2-7-13-22)14-8-3-9-15-29-25(31)23(33-26(29)32)20-21-10-4-1-5-11-21/h1-2,4-7,10-13,20H,3,8-9,14-19H2/b23-20-. The Labute approximate surface area is 205 Å². The second kappa shape index (κ2) is 11.5. The maximum absolute atomic E-state index is 12.7. The molecule has 172 valence electrons. The van der Waals surface area contributed by atoms with Gasteiger partial charge in [-0.2, -0.15) is 0 Å². The number of thiocarbonyl (C=S) groups is 1. The predicted molar refractivity (Wildman–Crippen MR) is 140 cm³/mol. The minimum atomic E-state index is -0.0128. The Balaban J connectivity index is 1.15. The second-order valence-corrected chi connectivity index (χ2v) is 9.93. The molecule has 2 amide bonds. The number of hydrogen-bond acceptors (Lipinski definition) is 5. The quantitative estimate of drug-likeness (QED) is 0.309. The number of benzene rings is 2. The fourth-order valence-corrected chi connectivity index (χ4v) is 5.44. The van der Waals surface area contributed by atoms with E-state index in [-0.39, 0.29) is 11.8 Å². The fourth-order valence-electron chi connectivity index (χ4n) is 4.13. The first kappa shape index (κ1) is 23.5. The van der Waals surface area contributed by atoms with Crippen LogP contribution in [0.25, 0.3) is 6.08 Å². The van der Waals surface area contributed by atoms with Gasteiger partial charge in [0.2, 0.25) is 5.91 Å². The van der Waals surface area contributed by atoms with Gasteiger partial charge in [-0.25, -0.2) is 0 Å². The molecule has 0 atom stereocenters. The topological polar surface area (TPSA) is 43.9 Å². The lowest BCUT2D eigenvalue weighted by atomic mass is 10.1. The van der Waals surface area contributed by atoms with Crippen LogP contribution in [0, 0.1) is 0 Å². The van der Waals surface area contributed by atoms with Crippen molar-refractivity contribution in [2.75, 3.05) is 37.6 Å². The molecule has 0 unspecified atom stereocenters. The molecule has 0 aliphatic carbocycles. The normalized spacial score (nSPS) is 17.8. The van der Waals surface area contributed by atoms with Gasteiger partial charge in [-0.1, -0.05) is 78.9 Å². The number of rotatable bonds is 8. The number of carbonyl (C=O) groups is 2.